The molecule has 94 valence electrons. The number of halogens is 1. The van der Waals surface area contributed by atoms with E-state index in [1.165, 1.54) is 6.20 Å². The van der Waals surface area contributed by atoms with Crippen LogP contribution >= 0.6 is 11.6 Å². The van der Waals surface area contributed by atoms with Gasteiger partial charge in [0.05, 0.1) is 17.4 Å². The van der Waals surface area contributed by atoms with Crippen molar-refractivity contribution in [2.75, 3.05) is 0 Å². The highest BCUT2D eigenvalue weighted by Gasteiger charge is 2.10. The molecular formula is C11H11ClN4O2. The number of rotatable bonds is 3. The minimum absolute atomic E-state index is 0.440. The number of nitrogens with zero attached hydrogens (tertiary/aromatic N) is 3. The van der Waals surface area contributed by atoms with Crippen molar-refractivity contribution in [2.45, 2.75) is 13.0 Å². The van der Waals surface area contributed by atoms with Crippen LogP contribution in [0.2, 0.25) is 5.02 Å². The Balaban J connectivity index is 2.17. The zero-order valence-corrected chi connectivity index (χ0v) is 10.3. The van der Waals surface area contributed by atoms with Gasteiger partial charge >= 0.3 is 6.09 Å². The number of ether oxygens (including phenoxy) is 1. The van der Waals surface area contributed by atoms with Crippen LogP contribution in [0.4, 0.5) is 4.79 Å². The number of amides is 1. The summed E-state index contributed by atoms with van der Waals surface area (Å²) in [6.45, 7) is 1.71. The van der Waals surface area contributed by atoms with Crippen molar-refractivity contribution in [3.05, 3.63) is 41.3 Å². The lowest BCUT2D eigenvalue weighted by Crippen LogP contribution is -2.15. The maximum absolute atomic E-state index is 10.6. The average molecular weight is 267 g/mol. The highest BCUT2D eigenvalue weighted by Crippen LogP contribution is 2.17. The Morgan fingerprint density at radius 3 is 2.78 bits per heavy atom. The zero-order chi connectivity index (χ0) is 13.1. The summed E-state index contributed by atoms with van der Waals surface area (Å²) in [4.78, 5) is 14.8. The van der Waals surface area contributed by atoms with Gasteiger partial charge in [-0.25, -0.2) is 14.5 Å². The minimum atomic E-state index is -0.814. The number of primary amides is 1. The molecule has 2 N–H and O–H groups in total. The van der Waals surface area contributed by atoms with E-state index in [9.17, 15) is 4.79 Å². The third-order valence-electron chi connectivity index (χ3n) is 2.32. The summed E-state index contributed by atoms with van der Waals surface area (Å²) in [5, 5.41) is 4.56. The highest BCUT2D eigenvalue weighted by atomic mass is 35.5. The quantitative estimate of drug-likeness (QED) is 0.922. The predicted octanol–water partition coefficient (Wildman–Crippen LogP) is 2.08. The van der Waals surface area contributed by atoms with Crippen molar-refractivity contribution < 1.29 is 9.53 Å². The van der Waals surface area contributed by atoms with E-state index in [1.54, 1.807) is 36.1 Å². The fourth-order valence-electron chi connectivity index (χ4n) is 1.44. The average Bonchev–Trinajstić information content (AvgIpc) is 2.75. The Labute approximate surface area is 108 Å². The van der Waals surface area contributed by atoms with Crippen LogP contribution in [-0.4, -0.2) is 20.9 Å². The van der Waals surface area contributed by atoms with Crippen LogP contribution < -0.4 is 5.73 Å². The molecule has 0 bridgehead atoms. The van der Waals surface area contributed by atoms with Crippen molar-refractivity contribution in [3.8, 4) is 5.82 Å². The number of pyridine rings is 1. The number of hydrogen-bond acceptors (Lipinski definition) is 4. The summed E-state index contributed by atoms with van der Waals surface area (Å²) in [6.07, 6.45) is 3.51. The number of nitrogens with two attached hydrogens (primary N) is 1. The van der Waals surface area contributed by atoms with Crippen molar-refractivity contribution in [1.29, 1.82) is 0 Å². The fraction of sp³-hybridized carbons (Fsp3) is 0.182. The molecule has 18 heavy (non-hydrogen) atoms. The molecule has 2 aromatic heterocycles. The van der Waals surface area contributed by atoms with Crippen molar-refractivity contribution >= 4 is 17.7 Å². The van der Waals surface area contributed by atoms with Gasteiger partial charge in [-0.05, 0) is 13.0 Å². The van der Waals surface area contributed by atoms with Gasteiger partial charge < -0.3 is 10.5 Å². The van der Waals surface area contributed by atoms with E-state index in [0.29, 0.717) is 10.8 Å². The molecule has 6 nitrogen and oxygen atoms in total. The van der Waals surface area contributed by atoms with Crippen LogP contribution in [0.25, 0.3) is 5.82 Å². The molecule has 0 spiro atoms. The lowest BCUT2D eigenvalue weighted by atomic mass is 10.2. The van der Waals surface area contributed by atoms with Gasteiger partial charge in [0.2, 0.25) is 0 Å². The predicted molar refractivity (Wildman–Crippen MR) is 65.5 cm³/mol. The van der Waals surface area contributed by atoms with Crippen molar-refractivity contribution in [2.24, 2.45) is 5.73 Å². The topological polar surface area (TPSA) is 83.0 Å². The highest BCUT2D eigenvalue weighted by molar-refractivity contribution is 6.30. The van der Waals surface area contributed by atoms with E-state index in [2.05, 4.69) is 10.1 Å². The van der Waals surface area contributed by atoms with Gasteiger partial charge in [-0.15, -0.1) is 0 Å². The minimum Gasteiger partial charge on any atom is -0.442 e. The van der Waals surface area contributed by atoms with Gasteiger partial charge in [0, 0.05) is 11.8 Å². The molecule has 1 amide bonds. The largest absolute Gasteiger partial charge is 0.442 e. The third kappa shape index (κ3) is 2.78. The van der Waals surface area contributed by atoms with Crippen LogP contribution in [-0.2, 0) is 4.74 Å². The van der Waals surface area contributed by atoms with Crippen molar-refractivity contribution in [3.63, 3.8) is 0 Å². The first-order valence-corrected chi connectivity index (χ1v) is 5.56. The Bertz CT molecular complexity index is 552. The lowest BCUT2D eigenvalue weighted by Gasteiger charge is -2.11. The third-order valence-corrected chi connectivity index (χ3v) is 2.51. The standard InChI is InChI=1S/C11H11ClN4O2/c1-7(18-11(13)17)8-2-3-10(14-4-8)16-6-9(12)5-15-16/h2-7H,1H3,(H2,13,17)/t7-/m0/s1. The molecule has 0 fully saturated rings. The van der Waals surface area contributed by atoms with E-state index in [1.807, 2.05) is 0 Å². The molecule has 2 rings (SSSR count). The summed E-state index contributed by atoms with van der Waals surface area (Å²) in [6, 6.07) is 3.53. The van der Waals surface area contributed by atoms with Gasteiger partial charge in [0.25, 0.3) is 0 Å². The summed E-state index contributed by atoms with van der Waals surface area (Å²) in [5.74, 6) is 0.622. The molecule has 0 saturated carbocycles. The van der Waals surface area contributed by atoms with Crippen LogP contribution in [0.5, 0.6) is 0 Å². The van der Waals surface area contributed by atoms with E-state index in [0.717, 1.165) is 5.56 Å². The number of carbonyl (C=O) groups is 1. The van der Waals surface area contributed by atoms with Crippen LogP contribution in [0, 0.1) is 0 Å². The van der Waals surface area contributed by atoms with E-state index >= 15 is 0 Å². The van der Waals surface area contributed by atoms with Gasteiger partial charge in [0.1, 0.15) is 6.10 Å². The van der Waals surface area contributed by atoms with Crippen LogP contribution in [0.15, 0.2) is 30.7 Å². The molecule has 0 saturated heterocycles. The fourth-order valence-corrected chi connectivity index (χ4v) is 1.58. The maximum atomic E-state index is 10.6. The van der Waals surface area contributed by atoms with Crippen LogP contribution in [0.1, 0.15) is 18.6 Å². The second-order valence-electron chi connectivity index (χ2n) is 3.63. The molecule has 0 radical (unpaired) electrons. The Morgan fingerprint density at radius 2 is 2.28 bits per heavy atom. The first-order valence-electron chi connectivity index (χ1n) is 5.19. The molecular weight excluding hydrogens is 256 g/mol. The summed E-state index contributed by atoms with van der Waals surface area (Å²) >= 11 is 5.77. The summed E-state index contributed by atoms with van der Waals surface area (Å²) in [7, 11) is 0. The first kappa shape index (κ1) is 12.4. The van der Waals surface area contributed by atoms with E-state index in [4.69, 9.17) is 22.1 Å². The van der Waals surface area contributed by atoms with Gasteiger partial charge in [0.15, 0.2) is 5.82 Å². The summed E-state index contributed by atoms with van der Waals surface area (Å²) in [5.41, 5.74) is 5.69. The maximum Gasteiger partial charge on any atom is 0.405 e. The molecule has 0 aliphatic rings. The Kier molecular flexibility index (Phi) is 3.47. The smallest absolute Gasteiger partial charge is 0.405 e. The van der Waals surface area contributed by atoms with Crippen LogP contribution in [0.3, 0.4) is 0 Å². The molecule has 0 aliphatic heterocycles. The molecule has 7 heteroatoms. The second kappa shape index (κ2) is 5.05. The SMILES string of the molecule is C[C@H](OC(N)=O)c1ccc(-n2cc(Cl)cn2)nc1. The number of carbonyl (C=O) groups excluding carboxylic acids is 1. The van der Waals surface area contributed by atoms with E-state index < -0.39 is 12.2 Å². The Morgan fingerprint density at radius 1 is 1.50 bits per heavy atom. The van der Waals surface area contributed by atoms with Gasteiger partial charge in [-0.2, -0.15) is 5.10 Å². The summed E-state index contributed by atoms with van der Waals surface area (Å²) < 4.78 is 6.39. The van der Waals surface area contributed by atoms with Gasteiger partial charge in [-0.3, -0.25) is 0 Å². The number of aromatic nitrogens is 3. The normalized spacial score (nSPS) is 12.1. The lowest BCUT2D eigenvalue weighted by molar-refractivity contribution is 0.116. The molecule has 2 heterocycles. The first-order chi connectivity index (χ1) is 8.56. The number of hydrogen-bond donors (Lipinski definition) is 1. The molecule has 0 aliphatic carbocycles. The van der Waals surface area contributed by atoms with E-state index in [-0.39, 0.29) is 0 Å². The Hall–Kier alpha value is -2.08. The second-order valence-corrected chi connectivity index (χ2v) is 4.07. The molecule has 1 atom stereocenters. The molecule has 2 aromatic rings. The zero-order valence-electron chi connectivity index (χ0n) is 9.58. The monoisotopic (exact) mass is 266 g/mol. The molecule has 0 unspecified atom stereocenters. The molecule has 0 aromatic carbocycles. The van der Waals surface area contributed by atoms with Gasteiger partial charge in [-0.1, -0.05) is 17.7 Å². The van der Waals surface area contributed by atoms with Crippen molar-refractivity contribution in [1.82, 2.24) is 14.8 Å².